The summed E-state index contributed by atoms with van der Waals surface area (Å²) < 4.78 is 36.0. The summed E-state index contributed by atoms with van der Waals surface area (Å²) in [5.74, 6) is -0.185. The van der Waals surface area contributed by atoms with Crippen LogP contribution in [0.15, 0.2) is 0 Å². The highest BCUT2D eigenvalue weighted by Crippen LogP contribution is 2.20. The van der Waals surface area contributed by atoms with Gasteiger partial charge >= 0.3 is 6.18 Å². The molecule has 0 aromatic carbocycles. The molecule has 1 unspecified atom stereocenters. The molecule has 1 atom stereocenters. The number of amides is 1. The molecule has 0 aromatic heterocycles. The van der Waals surface area contributed by atoms with E-state index in [0.717, 1.165) is 0 Å². The standard InChI is InChI=1S/C9H15F3N2O/c1-7-8(15)13-4-2-5-14(7)6-3-9(10,11)12/h7H,2-6H2,1H3,(H,13,15). The maximum Gasteiger partial charge on any atom is 0.390 e. The van der Waals surface area contributed by atoms with Crippen molar-refractivity contribution < 1.29 is 18.0 Å². The highest BCUT2D eigenvalue weighted by molar-refractivity contribution is 5.81. The minimum Gasteiger partial charge on any atom is -0.355 e. The Balaban J connectivity index is 2.48. The van der Waals surface area contributed by atoms with Crippen LogP contribution in [-0.4, -0.2) is 42.7 Å². The molecule has 0 aromatic rings. The third-order valence-electron chi connectivity index (χ3n) is 2.53. The Kier molecular flexibility index (Phi) is 3.96. The van der Waals surface area contributed by atoms with Gasteiger partial charge < -0.3 is 5.32 Å². The predicted molar refractivity (Wildman–Crippen MR) is 49.3 cm³/mol. The zero-order valence-corrected chi connectivity index (χ0v) is 8.60. The normalized spacial score (nSPS) is 24.8. The summed E-state index contributed by atoms with van der Waals surface area (Å²) in [4.78, 5) is 12.9. The van der Waals surface area contributed by atoms with Crippen LogP contribution in [0.25, 0.3) is 0 Å². The fourth-order valence-corrected chi connectivity index (χ4v) is 1.58. The Hall–Kier alpha value is -0.780. The fourth-order valence-electron chi connectivity index (χ4n) is 1.58. The zero-order chi connectivity index (χ0) is 11.5. The Morgan fingerprint density at radius 2 is 2.20 bits per heavy atom. The minimum atomic E-state index is -4.15. The summed E-state index contributed by atoms with van der Waals surface area (Å²) in [5, 5.41) is 2.66. The number of carbonyl (C=O) groups excluding carboxylic acids is 1. The lowest BCUT2D eigenvalue weighted by molar-refractivity contribution is -0.141. The van der Waals surface area contributed by atoms with Crippen LogP contribution in [0.4, 0.5) is 13.2 Å². The van der Waals surface area contributed by atoms with Crippen molar-refractivity contribution in [2.24, 2.45) is 0 Å². The molecule has 1 fully saturated rings. The van der Waals surface area contributed by atoms with E-state index in [4.69, 9.17) is 0 Å². The lowest BCUT2D eigenvalue weighted by atomic mass is 10.2. The van der Waals surface area contributed by atoms with Crippen molar-refractivity contribution in [1.82, 2.24) is 10.2 Å². The van der Waals surface area contributed by atoms with Crippen LogP contribution in [0.3, 0.4) is 0 Å². The molecule has 0 radical (unpaired) electrons. The summed E-state index contributed by atoms with van der Waals surface area (Å²) in [5.41, 5.74) is 0. The van der Waals surface area contributed by atoms with Crippen molar-refractivity contribution >= 4 is 5.91 Å². The molecule has 1 aliphatic heterocycles. The minimum absolute atomic E-state index is 0.0991. The van der Waals surface area contributed by atoms with Gasteiger partial charge in [-0.1, -0.05) is 0 Å². The van der Waals surface area contributed by atoms with E-state index in [2.05, 4.69) is 5.32 Å². The average molecular weight is 224 g/mol. The number of hydrogen-bond donors (Lipinski definition) is 1. The van der Waals surface area contributed by atoms with E-state index in [0.29, 0.717) is 19.5 Å². The highest BCUT2D eigenvalue weighted by Gasteiger charge is 2.30. The molecule has 6 heteroatoms. The van der Waals surface area contributed by atoms with Gasteiger partial charge in [-0.2, -0.15) is 13.2 Å². The lowest BCUT2D eigenvalue weighted by Crippen LogP contribution is -2.43. The number of nitrogens with zero attached hydrogens (tertiary/aromatic N) is 1. The number of hydrogen-bond acceptors (Lipinski definition) is 2. The first-order valence-corrected chi connectivity index (χ1v) is 4.98. The van der Waals surface area contributed by atoms with Gasteiger partial charge in [0.1, 0.15) is 0 Å². The van der Waals surface area contributed by atoms with Crippen LogP contribution in [0, 0.1) is 0 Å². The van der Waals surface area contributed by atoms with Crippen LogP contribution in [0.5, 0.6) is 0 Å². The third-order valence-corrected chi connectivity index (χ3v) is 2.53. The molecule has 1 rings (SSSR count). The second kappa shape index (κ2) is 4.83. The molecule has 0 saturated carbocycles. The van der Waals surface area contributed by atoms with Crippen LogP contribution in [0.2, 0.25) is 0 Å². The van der Waals surface area contributed by atoms with Gasteiger partial charge in [-0.3, -0.25) is 9.69 Å². The van der Waals surface area contributed by atoms with Crippen molar-refractivity contribution in [3.63, 3.8) is 0 Å². The molecule has 3 nitrogen and oxygen atoms in total. The van der Waals surface area contributed by atoms with Gasteiger partial charge in [-0.25, -0.2) is 0 Å². The molecule has 1 heterocycles. The van der Waals surface area contributed by atoms with E-state index in [9.17, 15) is 18.0 Å². The molecular formula is C9H15F3N2O. The summed E-state index contributed by atoms with van der Waals surface area (Å²) in [6.07, 6.45) is -4.30. The number of halogens is 3. The molecule has 0 spiro atoms. The largest absolute Gasteiger partial charge is 0.390 e. The third kappa shape index (κ3) is 4.07. The smallest absolute Gasteiger partial charge is 0.355 e. The Morgan fingerprint density at radius 1 is 1.53 bits per heavy atom. The molecule has 1 aliphatic rings. The van der Waals surface area contributed by atoms with Gasteiger partial charge in [-0.05, 0) is 13.3 Å². The number of carbonyl (C=O) groups is 1. The highest BCUT2D eigenvalue weighted by atomic mass is 19.4. The molecule has 1 saturated heterocycles. The van der Waals surface area contributed by atoms with Gasteiger partial charge in [0.25, 0.3) is 0 Å². The molecular weight excluding hydrogens is 209 g/mol. The zero-order valence-electron chi connectivity index (χ0n) is 8.60. The van der Waals surface area contributed by atoms with E-state index in [-0.39, 0.29) is 12.5 Å². The molecule has 88 valence electrons. The quantitative estimate of drug-likeness (QED) is 0.763. The first-order chi connectivity index (χ1) is 6.90. The molecule has 1 amide bonds. The first kappa shape index (κ1) is 12.3. The van der Waals surface area contributed by atoms with Gasteiger partial charge in [0, 0.05) is 19.6 Å². The van der Waals surface area contributed by atoms with Gasteiger partial charge in [0.2, 0.25) is 5.91 Å². The molecule has 15 heavy (non-hydrogen) atoms. The monoisotopic (exact) mass is 224 g/mol. The second-order valence-electron chi connectivity index (χ2n) is 3.72. The first-order valence-electron chi connectivity index (χ1n) is 4.98. The van der Waals surface area contributed by atoms with Crippen molar-refractivity contribution in [2.45, 2.75) is 32.0 Å². The maximum absolute atomic E-state index is 12.0. The summed E-state index contributed by atoms with van der Waals surface area (Å²) in [7, 11) is 0. The Labute approximate surface area is 86.6 Å². The van der Waals surface area contributed by atoms with Crippen LogP contribution in [-0.2, 0) is 4.79 Å². The molecule has 0 aliphatic carbocycles. The average Bonchev–Trinajstić information content (AvgIpc) is 2.27. The van der Waals surface area contributed by atoms with E-state index >= 15 is 0 Å². The van der Waals surface area contributed by atoms with E-state index in [1.54, 1.807) is 11.8 Å². The van der Waals surface area contributed by atoms with E-state index in [1.165, 1.54) is 0 Å². The van der Waals surface area contributed by atoms with Gasteiger partial charge in [0.15, 0.2) is 0 Å². The Bertz CT molecular complexity index is 230. The van der Waals surface area contributed by atoms with Crippen LogP contribution < -0.4 is 5.32 Å². The summed E-state index contributed by atoms with van der Waals surface area (Å²) in [6.45, 7) is 2.62. The number of rotatable bonds is 2. The van der Waals surface area contributed by atoms with Crippen LogP contribution in [0.1, 0.15) is 19.8 Å². The molecule has 0 bridgehead atoms. The van der Waals surface area contributed by atoms with Crippen LogP contribution >= 0.6 is 0 Å². The van der Waals surface area contributed by atoms with E-state index in [1.807, 2.05) is 0 Å². The van der Waals surface area contributed by atoms with Gasteiger partial charge in [-0.15, -0.1) is 0 Å². The van der Waals surface area contributed by atoms with Gasteiger partial charge in [0.05, 0.1) is 12.5 Å². The number of nitrogens with one attached hydrogen (secondary N) is 1. The lowest BCUT2D eigenvalue weighted by Gasteiger charge is -2.25. The van der Waals surface area contributed by atoms with Crippen molar-refractivity contribution in [3.8, 4) is 0 Å². The van der Waals surface area contributed by atoms with E-state index < -0.39 is 18.6 Å². The summed E-state index contributed by atoms with van der Waals surface area (Å²) in [6, 6.07) is -0.463. The summed E-state index contributed by atoms with van der Waals surface area (Å²) >= 11 is 0. The second-order valence-corrected chi connectivity index (χ2v) is 3.72. The maximum atomic E-state index is 12.0. The molecule has 1 N–H and O–H groups in total. The predicted octanol–water partition coefficient (Wildman–Crippen LogP) is 1.15. The van der Waals surface area contributed by atoms with Crippen molar-refractivity contribution in [2.75, 3.05) is 19.6 Å². The van der Waals surface area contributed by atoms with Crippen molar-refractivity contribution in [1.29, 1.82) is 0 Å². The fraction of sp³-hybridized carbons (Fsp3) is 0.889. The number of alkyl halides is 3. The topological polar surface area (TPSA) is 32.3 Å². The SMILES string of the molecule is CC1C(=O)NCCCN1CCC(F)(F)F. The Morgan fingerprint density at radius 3 is 2.80 bits per heavy atom. The van der Waals surface area contributed by atoms with Crippen molar-refractivity contribution in [3.05, 3.63) is 0 Å².